The van der Waals surface area contributed by atoms with E-state index in [4.69, 9.17) is 30.6 Å². The first-order chi connectivity index (χ1) is 18.0. The average molecular weight is 522 g/mol. The van der Waals surface area contributed by atoms with Gasteiger partial charge in [0, 0.05) is 22.2 Å². The number of ether oxygens (including phenoxy) is 3. The molecule has 0 saturated heterocycles. The van der Waals surface area contributed by atoms with Gasteiger partial charge in [0.25, 0.3) is 0 Å². The number of hydrogen-bond acceptors (Lipinski definition) is 8. The lowest BCUT2D eigenvalue weighted by Gasteiger charge is -2.14. The molecule has 0 saturated carbocycles. The Hall–Kier alpha value is -4.11. The summed E-state index contributed by atoms with van der Waals surface area (Å²) in [7, 11) is 0. The molecule has 192 valence electrons. The fourth-order valence-electron chi connectivity index (χ4n) is 3.32. The summed E-state index contributed by atoms with van der Waals surface area (Å²) in [6.45, 7) is 6.56. The van der Waals surface area contributed by atoms with E-state index >= 15 is 0 Å². The molecule has 0 bridgehead atoms. The maximum Gasteiger partial charge on any atom is 0.204 e. The minimum Gasteiger partial charge on any atom is -0.491 e. The number of tetrazole rings is 1. The highest BCUT2D eigenvalue weighted by atomic mass is 35.5. The van der Waals surface area contributed by atoms with Crippen molar-refractivity contribution in [1.29, 1.82) is 0 Å². The first kappa shape index (κ1) is 26.0. The molecule has 0 atom stereocenters. The molecule has 37 heavy (non-hydrogen) atoms. The van der Waals surface area contributed by atoms with Gasteiger partial charge in [-0.1, -0.05) is 35.8 Å². The lowest BCUT2D eigenvalue weighted by atomic mass is 10.1. The van der Waals surface area contributed by atoms with Gasteiger partial charge in [0.15, 0.2) is 0 Å². The number of hydrogen-bond donors (Lipinski definition) is 1. The third-order valence-corrected chi connectivity index (χ3v) is 5.17. The molecule has 0 unspecified atom stereocenters. The molecule has 0 fully saturated rings. The van der Waals surface area contributed by atoms with E-state index < -0.39 is 0 Å². The Labute approximate surface area is 220 Å². The molecule has 0 amide bonds. The van der Waals surface area contributed by atoms with E-state index in [0.717, 1.165) is 12.0 Å². The minimum atomic E-state index is -0.0173. The molecule has 0 spiro atoms. The average Bonchev–Trinajstić information content (AvgIpc) is 3.42. The molecule has 4 aromatic rings. The Bertz CT molecular complexity index is 1310. The van der Waals surface area contributed by atoms with Crippen molar-refractivity contribution in [3.8, 4) is 34.4 Å². The smallest absolute Gasteiger partial charge is 0.204 e. The number of aromatic amines is 1. The van der Waals surface area contributed by atoms with Crippen molar-refractivity contribution in [2.24, 2.45) is 5.16 Å². The topological polar surface area (TPSA) is 104 Å². The van der Waals surface area contributed by atoms with E-state index in [9.17, 15) is 0 Å². The van der Waals surface area contributed by atoms with Gasteiger partial charge in [-0.05, 0) is 74.0 Å². The number of aromatic nitrogens is 4. The Morgan fingerprint density at radius 1 is 0.973 bits per heavy atom. The maximum absolute atomic E-state index is 6.15. The van der Waals surface area contributed by atoms with Crippen molar-refractivity contribution < 1.29 is 19.0 Å². The standard InChI is InChI=1S/C27H28ClN5O4/c1-4-12-35-31-26(19-6-5-7-23(13-19)37-22-10-8-21(28)9-11-22)17-34-24-14-20(27-29-32-33-30-27)15-25(16-24)36-18(2)3/h5-11,13-16,18H,4,12,17H2,1-3H3,(H,29,30,32,33)/b31-26+. The number of oxime groups is 1. The van der Waals surface area contributed by atoms with Crippen molar-refractivity contribution >= 4 is 17.3 Å². The largest absolute Gasteiger partial charge is 0.491 e. The lowest BCUT2D eigenvalue weighted by molar-refractivity contribution is 0.143. The molecule has 0 aliphatic carbocycles. The number of H-pyrrole nitrogens is 1. The molecule has 0 aliphatic rings. The predicted molar refractivity (Wildman–Crippen MR) is 142 cm³/mol. The predicted octanol–water partition coefficient (Wildman–Crippen LogP) is 6.31. The van der Waals surface area contributed by atoms with Gasteiger partial charge in [0.1, 0.15) is 41.9 Å². The van der Waals surface area contributed by atoms with Crippen molar-refractivity contribution in [3.05, 3.63) is 77.3 Å². The van der Waals surface area contributed by atoms with Crippen molar-refractivity contribution in [2.45, 2.75) is 33.3 Å². The highest BCUT2D eigenvalue weighted by Gasteiger charge is 2.13. The normalized spacial score (nSPS) is 11.4. The molecule has 0 radical (unpaired) electrons. The van der Waals surface area contributed by atoms with Gasteiger partial charge in [-0.3, -0.25) is 0 Å². The summed E-state index contributed by atoms with van der Waals surface area (Å²) < 4.78 is 18.0. The summed E-state index contributed by atoms with van der Waals surface area (Å²) in [5.41, 5.74) is 2.11. The Balaban J connectivity index is 1.56. The number of benzene rings is 3. The summed E-state index contributed by atoms with van der Waals surface area (Å²) in [6, 6.07) is 20.2. The van der Waals surface area contributed by atoms with Gasteiger partial charge in [0.2, 0.25) is 5.82 Å². The van der Waals surface area contributed by atoms with Crippen LogP contribution in [-0.4, -0.2) is 45.7 Å². The summed E-state index contributed by atoms with van der Waals surface area (Å²) in [6.07, 6.45) is 0.816. The van der Waals surface area contributed by atoms with Crippen LogP contribution < -0.4 is 14.2 Å². The number of halogens is 1. The van der Waals surface area contributed by atoms with Gasteiger partial charge < -0.3 is 19.0 Å². The minimum absolute atomic E-state index is 0.0173. The van der Waals surface area contributed by atoms with Crippen molar-refractivity contribution in [3.63, 3.8) is 0 Å². The summed E-state index contributed by atoms with van der Waals surface area (Å²) in [5, 5.41) is 19.2. The van der Waals surface area contributed by atoms with Crippen LogP contribution in [0, 0.1) is 0 Å². The lowest BCUT2D eigenvalue weighted by Crippen LogP contribution is -2.14. The first-order valence-corrected chi connectivity index (χ1v) is 12.3. The molecule has 9 nitrogen and oxygen atoms in total. The van der Waals surface area contributed by atoms with Crippen LogP contribution in [-0.2, 0) is 4.84 Å². The van der Waals surface area contributed by atoms with Crippen LogP contribution in [0.4, 0.5) is 0 Å². The van der Waals surface area contributed by atoms with Crippen LogP contribution in [0.3, 0.4) is 0 Å². The fourth-order valence-corrected chi connectivity index (χ4v) is 3.44. The number of rotatable bonds is 12. The molecule has 10 heteroatoms. The monoisotopic (exact) mass is 521 g/mol. The van der Waals surface area contributed by atoms with Gasteiger partial charge in [0.05, 0.1) is 6.10 Å². The van der Waals surface area contributed by atoms with E-state index in [1.165, 1.54) is 0 Å². The van der Waals surface area contributed by atoms with Crippen LogP contribution >= 0.6 is 11.6 Å². The second-order valence-electron chi connectivity index (χ2n) is 8.34. The van der Waals surface area contributed by atoms with Crippen LogP contribution in [0.1, 0.15) is 32.8 Å². The SMILES string of the molecule is CCCO/N=C(\COc1cc(OC(C)C)cc(-c2nn[nH]n2)c1)c1cccc(Oc2ccc(Cl)cc2)c1. The van der Waals surface area contributed by atoms with Gasteiger partial charge in [-0.25, -0.2) is 0 Å². The van der Waals surface area contributed by atoms with Crippen LogP contribution in [0.15, 0.2) is 71.9 Å². The third kappa shape index (κ3) is 7.68. The van der Waals surface area contributed by atoms with Crippen molar-refractivity contribution in [2.75, 3.05) is 13.2 Å². The summed E-state index contributed by atoms with van der Waals surface area (Å²) in [4.78, 5) is 5.51. The summed E-state index contributed by atoms with van der Waals surface area (Å²) >= 11 is 5.98. The van der Waals surface area contributed by atoms with Gasteiger partial charge in [-0.15, -0.1) is 10.2 Å². The quantitative estimate of drug-likeness (QED) is 0.132. The van der Waals surface area contributed by atoms with E-state index in [1.807, 2.05) is 75.4 Å². The fraction of sp³-hybridized carbons (Fsp3) is 0.259. The number of nitrogens with one attached hydrogen (secondary N) is 1. The van der Waals surface area contributed by atoms with E-state index in [-0.39, 0.29) is 12.7 Å². The molecule has 1 heterocycles. The summed E-state index contributed by atoms with van der Waals surface area (Å²) in [5.74, 6) is 2.96. The molecule has 1 N–H and O–H groups in total. The van der Waals surface area contributed by atoms with Crippen LogP contribution in [0.5, 0.6) is 23.0 Å². The van der Waals surface area contributed by atoms with Crippen LogP contribution in [0.2, 0.25) is 5.02 Å². The second kappa shape index (κ2) is 12.7. The first-order valence-electron chi connectivity index (χ1n) is 11.9. The second-order valence-corrected chi connectivity index (χ2v) is 8.78. The Kier molecular flexibility index (Phi) is 8.93. The molecule has 1 aromatic heterocycles. The molecular formula is C27H28ClN5O4. The highest BCUT2D eigenvalue weighted by molar-refractivity contribution is 6.30. The van der Waals surface area contributed by atoms with E-state index in [0.29, 0.717) is 51.7 Å². The Morgan fingerprint density at radius 3 is 2.51 bits per heavy atom. The van der Waals surface area contributed by atoms with Crippen molar-refractivity contribution in [1.82, 2.24) is 20.6 Å². The van der Waals surface area contributed by atoms with Gasteiger partial charge in [-0.2, -0.15) is 5.21 Å². The van der Waals surface area contributed by atoms with Gasteiger partial charge >= 0.3 is 0 Å². The maximum atomic E-state index is 6.15. The highest BCUT2D eigenvalue weighted by Crippen LogP contribution is 2.29. The zero-order valence-electron chi connectivity index (χ0n) is 20.8. The Morgan fingerprint density at radius 2 is 1.78 bits per heavy atom. The molecule has 3 aromatic carbocycles. The molecule has 0 aliphatic heterocycles. The third-order valence-electron chi connectivity index (χ3n) is 4.92. The molecule has 4 rings (SSSR count). The van der Waals surface area contributed by atoms with E-state index in [1.54, 1.807) is 12.1 Å². The zero-order valence-corrected chi connectivity index (χ0v) is 21.6. The molecular weight excluding hydrogens is 494 g/mol. The zero-order chi connectivity index (χ0) is 26.0. The van der Waals surface area contributed by atoms with Crippen LogP contribution in [0.25, 0.3) is 11.4 Å². The number of nitrogens with zero attached hydrogens (tertiary/aromatic N) is 4. The van der Waals surface area contributed by atoms with E-state index in [2.05, 4.69) is 25.8 Å².